The maximum atomic E-state index is 10.2. The van der Waals surface area contributed by atoms with E-state index in [1.807, 2.05) is 25.1 Å². The standard InChI is InChI=1S/C12H16Br2O2/c1-8(5-6-16-2)12(15)10-4-3-9(13)7-11(10)14/h3-4,7-8,12,15H,5-6H2,1-2H3. The quantitative estimate of drug-likeness (QED) is 0.871. The Kier molecular flexibility index (Phi) is 5.97. The third kappa shape index (κ3) is 3.84. The van der Waals surface area contributed by atoms with Crippen molar-refractivity contribution in [3.8, 4) is 0 Å². The molecule has 1 rings (SSSR count). The molecule has 90 valence electrons. The number of halogens is 2. The highest BCUT2D eigenvalue weighted by Gasteiger charge is 2.18. The zero-order valence-corrected chi connectivity index (χ0v) is 12.6. The topological polar surface area (TPSA) is 29.5 Å². The molecule has 0 aliphatic rings. The maximum absolute atomic E-state index is 10.2. The molecular formula is C12H16Br2O2. The number of hydrogen-bond acceptors (Lipinski definition) is 2. The van der Waals surface area contributed by atoms with Gasteiger partial charge in [0.1, 0.15) is 0 Å². The second-order valence-electron chi connectivity index (χ2n) is 3.87. The lowest BCUT2D eigenvalue weighted by Crippen LogP contribution is -2.12. The lowest BCUT2D eigenvalue weighted by Gasteiger charge is -2.20. The Bertz CT molecular complexity index is 342. The van der Waals surface area contributed by atoms with E-state index in [4.69, 9.17) is 4.74 Å². The van der Waals surface area contributed by atoms with Gasteiger partial charge in [-0.3, -0.25) is 0 Å². The number of rotatable bonds is 5. The molecule has 16 heavy (non-hydrogen) atoms. The van der Waals surface area contributed by atoms with Crippen molar-refractivity contribution in [2.24, 2.45) is 5.92 Å². The van der Waals surface area contributed by atoms with Gasteiger partial charge in [-0.05, 0) is 30.0 Å². The molecule has 0 radical (unpaired) electrons. The molecule has 0 amide bonds. The third-order valence-corrected chi connectivity index (χ3v) is 3.78. The molecule has 1 aromatic carbocycles. The monoisotopic (exact) mass is 350 g/mol. The second kappa shape index (κ2) is 6.74. The Morgan fingerprint density at radius 1 is 1.38 bits per heavy atom. The Morgan fingerprint density at radius 2 is 2.06 bits per heavy atom. The molecule has 0 aromatic heterocycles. The SMILES string of the molecule is COCCC(C)C(O)c1ccc(Br)cc1Br. The van der Waals surface area contributed by atoms with Crippen LogP contribution in [0.25, 0.3) is 0 Å². The fraction of sp³-hybridized carbons (Fsp3) is 0.500. The second-order valence-corrected chi connectivity index (χ2v) is 5.64. The lowest BCUT2D eigenvalue weighted by atomic mass is 9.95. The molecule has 0 saturated heterocycles. The van der Waals surface area contributed by atoms with Gasteiger partial charge < -0.3 is 9.84 Å². The molecule has 0 saturated carbocycles. The summed E-state index contributed by atoms with van der Waals surface area (Å²) in [5, 5.41) is 10.2. The minimum atomic E-state index is -0.461. The summed E-state index contributed by atoms with van der Waals surface area (Å²) in [5.41, 5.74) is 0.923. The van der Waals surface area contributed by atoms with E-state index in [2.05, 4.69) is 31.9 Å². The first-order chi connectivity index (χ1) is 7.56. The number of aliphatic hydroxyl groups is 1. The van der Waals surface area contributed by atoms with Crippen molar-refractivity contribution in [1.29, 1.82) is 0 Å². The zero-order chi connectivity index (χ0) is 12.1. The summed E-state index contributed by atoms with van der Waals surface area (Å²) >= 11 is 6.86. The molecule has 2 unspecified atom stereocenters. The van der Waals surface area contributed by atoms with Crippen LogP contribution in [0.5, 0.6) is 0 Å². The van der Waals surface area contributed by atoms with Crippen LogP contribution in [0.3, 0.4) is 0 Å². The van der Waals surface area contributed by atoms with Gasteiger partial charge in [0.2, 0.25) is 0 Å². The van der Waals surface area contributed by atoms with Gasteiger partial charge >= 0.3 is 0 Å². The third-order valence-electron chi connectivity index (χ3n) is 2.60. The van der Waals surface area contributed by atoms with Crippen LogP contribution in [0, 0.1) is 5.92 Å². The number of hydrogen-bond donors (Lipinski definition) is 1. The smallest absolute Gasteiger partial charge is 0.0827 e. The Morgan fingerprint density at radius 3 is 2.62 bits per heavy atom. The minimum absolute atomic E-state index is 0.178. The van der Waals surface area contributed by atoms with E-state index in [9.17, 15) is 5.11 Å². The van der Waals surface area contributed by atoms with Gasteiger partial charge in [-0.15, -0.1) is 0 Å². The first-order valence-electron chi connectivity index (χ1n) is 5.18. The fourth-order valence-corrected chi connectivity index (χ4v) is 2.79. The van der Waals surface area contributed by atoms with Crippen LogP contribution in [0.2, 0.25) is 0 Å². The first kappa shape index (κ1) is 14.2. The van der Waals surface area contributed by atoms with Crippen LogP contribution in [0.1, 0.15) is 25.0 Å². The molecule has 2 atom stereocenters. The van der Waals surface area contributed by atoms with Crippen LogP contribution >= 0.6 is 31.9 Å². The normalized spacial score (nSPS) is 14.8. The summed E-state index contributed by atoms with van der Waals surface area (Å²) in [4.78, 5) is 0. The Hall–Kier alpha value is 0.1000. The van der Waals surface area contributed by atoms with E-state index in [1.165, 1.54) is 0 Å². The predicted octanol–water partition coefficient (Wildman–Crippen LogP) is 3.92. The van der Waals surface area contributed by atoms with Crippen molar-refractivity contribution in [1.82, 2.24) is 0 Å². The highest BCUT2D eigenvalue weighted by molar-refractivity contribution is 9.11. The average molecular weight is 352 g/mol. The molecule has 0 fully saturated rings. The average Bonchev–Trinajstić information content (AvgIpc) is 2.25. The lowest BCUT2D eigenvalue weighted by molar-refractivity contribution is 0.0881. The molecule has 0 spiro atoms. The summed E-state index contributed by atoms with van der Waals surface area (Å²) in [6.07, 6.45) is 0.387. The van der Waals surface area contributed by atoms with Crippen molar-refractivity contribution in [2.45, 2.75) is 19.4 Å². The van der Waals surface area contributed by atoms with Crippen molar-refractivity contribution in [3.63, 3.8) is 0 Å². The van der Waals surface area contributed by atoms with E-state index in [0.29, 0.717) is 6.61 Å². The van der Waals surface area contributed by atoms with Crippen LogP contribution < -0.4 is 0 Å². The Labute approximate surface area is 113 Å². The van der Waals surface area contributed by atoms with Crippen molar-refractivity contribution >= 4 is 31.9 Å². The Balaban J connectivity index is 2.75. The van der Waals surface area contributed by atoms with Crippen molar-refractivity contribution < 1.29 is 9.84 Å². The molecule has 0 aliphatic carbocycles. The van der Waals surface area contributed by atoms with Gasteiger partial charge in [-0.1, -0.05) is 44.8 Å². The van der Waals surface area contributed by atoms with Gasteiger partial charge in [0, 0.05) is 22.7 Å². The summed E-state index contributed by atoms with van der Waals surface area (Å²) in [6.45, 7) is 2.70. The first-order valence-corrected chi connectivity index (χ1v) is 6.76. The molecular weight excluding hydrogens is 336 g/mol. The van der Waals surface area contributed by atoms with E-state index in [0.717, 1.165) is 20.9 Å². The van der Waals surface area contributed by atoms with Gasteiger partial charge in [-0.2, -0.15) is 0 Å². The number of ether oxygens (including phenoxy) is 1. The predicted molar refractivity (Wildman–Crippen MR) is 72.5 cm³/mol. The fourth-order valence-electron chi connectivity index (χ4n) is 1.51. The van der Waals surface area contributed by atoms with Crippen LogP contribution in [-0.4, -0.2) is 18.8 Å². The summed E-state index contributed by atoms with van der Waals surface area (Å²) in [5.74, 6) is 0.178. The van der Waals surface area contributed by atoms with Crippen molar-refractivity contribution in [2.75, 3.05) is 13.7 Å². The molecule has 1 N–H and O–H groups in total. The minimum Gasteiger partial charge on any atom is -0.388 e. The highest BCUT2D eigenvalue weighted by Crippen LogP contribution is 2.31. The molecule has 0 aliphatic heterocycles. The van der Waals surface area contributed by atoms with Crippen molar-refractivity contribution in [3.05, 3.63) is 32.7 Å². The van der Waals surface area contributed by atoms with Gasteiger partial charge in [0.25, 0.3) is 0 Å². The van der Waals surface area contributed by atoms with Crippen LogP contribution in [0.15, 0.2) is 27.1 Å². The van der Waals surface area contributed by atoms with E-state index in [1.54, 1.807) is 7.11 Å². The molecule has 4 heteroatoms. The van der Waals surface area contributed by atoms with Crippen LogP contribution in [0.4, 0.5) is 0 Å². The maximum Gasteiger partial charge on any atom is 0.0827 e. The number of aliphatic hydroxyl groups excluding tert-OH is 1. The van der Waals surface area contributed by atoms with Gasteiger partial charge in [-0.25, -0.2) is 0 Å². The zero-order valence-electron chi connectivity index (χ0n) is 9.41. The van der Waals surface area contributed by atoms with Gasteiger partial charge in [0.05, 0.1) is 6.10 Å². The van der Waals surface area contributed by atoms with Crippen LogP contribution in [-0.2, 0) is 4.74 Å². The molecule has 0 bridgehead atoms. The van der Waals surface area contributed by atoms with E-state index < -0.39 is 6.10 Å². The molecule has 0 heterocycles. The molecule has 2 nitrogen and oxygen atoms in total. The summed E-state index contributed by atoms with van der Waals surface area (Å²) in [6, 6.07) is 5.82. The molecule has 1 aromatic rings. The number of benzene rings is 1. The number of methoxy groups -OCH3 is 1. The van der Waals surface area contributed by atoms with E-state index in [-0.39, 0.29) is 5.92 Å². The largest absolute Gasteiger partial charge is 0.388 e. The van der Waals surface area contributed by atoms with E-state index >= 15 is 0 Å². The van der Waals surface area contributed by atoms with Gasteiger partial charge in [0.15, 0.2) is 0 Å². The summed E-state index contributed by atoms with van der Waals surface area (Å²) in [7, 11) is 1.68. The summed E-state index contributed by atoms with van der Waals surface area (Å²) < 4.78 is 6.95. The highest BCUT2D eigenvalue weighted by atomic mass is 79.9.